The van der Waals surface area contributed by atoms with Crippen LogP contribution in [0.1, 0.15) is 99.8 Å². The molecule has 0 aliphatic carbocycles. The van der Waals surface area contributed by atoms with Crippen molar-refractivity contribution in [3.8, 4) is 0 Å². The van der Waals surface area contributed by atoms with E-state index in [4.69, 9.17) is 5.73 Å². The van der Waals surface area contributed by atoms with Crippen LogP contribution >= 0.6 is 0 Å². The van der Waals surface area contributed by atoms with Gasteiger partial charge < -0.3 is 5.73 Å². The highest BCUT2D eigenvalue weighted by atomic mass is 14.7. The summed E-state index contributed by atoms with van der Waals surface area (Å²) in [5.41, 5.74) is 11.9. The number of allylic oxidation sites excluding steroid dienone is 8. The normalized spacial score (nSPS) is 14.0. The van der Waals surface area contributed by atoms with Gasteiger partial charge in [-0.05, 0) is 99.8 Å². The molecular formula is C24H43N. The Morgan fingerprint density at radius 2 is 1.00 bits per heavy atom. The lowest BCUT2D eigenvalue weighted by molar-refractivity contribution is 0.480. The van der Waals surface area contributed by atoms with E-state index in [2.05, 4.69) is 72.8 Å². The van der Waals surface area contributed by atoms with Crippen molar-refractivity contribution in [2.75, 3.05) is 0 Å². The van der Waals surface area contributed by atoms with Crippen molar-refractivity contribution >= 4 is 0 Å². The van der Waals surface area contributed by atoms with Gasteiger partial charge in [0, 0.05) is 5.54 Å². The monoisotopic (exact) mass is 345 g/mol. The summed E-state index contributed by atoms with van der Waals surface area (Å²) >= 11 is 0. The van der Waals surface area contributed by atoms with E-state index in [9.17, 15) is 0 Å². The van der Waals surface area contributed by atoms with E-state index in [1.165, 1.54) is 54.4 Å². The lowest BCUT2D eigenvalue weighted by Crippen LogP contribution is -2.31. The van der Waals surface area contributed by atoms with Gasteiger partial charge in [-0.2, -0.15) is 0 Å². The molecule has 0 fully saturated rings. The molecule has 0 aliphatic heterocycles. The molecule has 0 unspecified atom stereocenters. The highest BCUT2D eigenvalue weighted by Crippen LogP contribution is 2.15. The fraction of sp³-hybridized carbons (Fsp3) is 0.667. The molecule has 0 rings (SSSR count). The molecule has 0 saturated carbocycles. The molecule has 0 atom stereocenters. The fourth-order valence-electron chi connectivity index (χ4n) is 2.68. The zero-order valence-corrected chi connectivity index (χ0v) is 18.0. The highest BCUT2D eigenvalue weighted by Gasteiger charge is 2.08. The number of nitrogens with two attached hydrogens (primary N) is 1. The van der Waals surface area contributed by atoms with Gasteiger partial charge in [-0.3, -0.25) is 0 Å². The van der Waals surface area contributed by atoms with E-state index >= 15 is 0 Å². The fourth-order valence-corrected chi connectivity index (χ4v) is 2.68. The second kappa shape index (κ2) is 13.2. The van der Waals surface area contributed by atoms with Crippen LogP contribution in [0.2, 0.25) is 0 Å². The van der Waals surface area contributed by atoms with Crippen LogP contribution in [-0.4, -0.2) is 5.54 Å². The smallest absolute Gasteiger partial charge is 0.01000 e. The average Bonchev–Trinajstić information content (AvgIpc) is 2.45. The number of hydrogen-bond donors (Lipinski definition) is 1. The lowest BCUT2D eigenvalue weighted by atomic mass is 9.98. The molecule has 0 aromatic carbocycles. The summed E-state index contributed by atoms with van der Waals surface area (Å²) in [5, 5.41) is 0. The van der Waals surface area contributed by atoms with Gasteiger partial charge in [0.05, 0.1) is 0 Å². The van der Waals surface area contributed by atoms with Gasteiger partial charge in [-0.1, -0.05) is 46.6 Å². The maximum Gasteiger partial charge on any atom is 0.01000 e. The summed E-state index contributed by atoms with van der Waals surface area (Å²) in [5.74, 6) is 0. The largest absolute Gasteiger partial charge is 0.326 e. The van der Waals surface area contributed by atoms with Crippen molar-refractivity contribution in [1.29, 1.82) is 0 Å². The van der Waals surface area contributed by atoms with Crippen molar-refractivity contribution in [2.45, 2.75) is 105 Å². The third-order valence-electron chi connectivity index (χ3n) is 4.44. The summed E-state index contributed by atoms with van der Waals surface area (Å²) in [6.45, 7) is 15.3. The summed E-state index contributed by atoms with van der Waals surface area (Å²) < 4.78 is 0. The third-order valence-corrected chi connectivity index (χ3v) is 4.44. The Balaban J connectivity index is 4.01. The molecule has 1 nitrogen and oxygen atoms in total. The Morgan fingerprint density at radius 3 is 1.36 bits per heavy atom. The molecule has 0 aliphatic rings. The van der Waals surface area contributed by atoms with Crippen LogP contribution in [0.4, 0.5) is 0 Å². The first kappa shape index (κ1) is 23.9. The van der Waals surface area contributed by atoms with Crippen molar-refractivity contribution in [2.24, 2.45) is 5.73 Å². The zero-order valence-electron chi connectivity index (χ0n) is 18.0. The molecule has 0 aromatic heterocycles. The molecule has 144 valence electrons. The second-order valence-corrected chi connectivity index (χ2v) is 8.58. The van der Waals surface area contributed by atoms with E-state index < -0.39 is 0 Å². The van der Waals surface area contributed by atoms with Crippen LogP contribution in [0.25, 0.3) is 0 Å². The zero-order chi connectivity index (χ0) is 19.3. The van der Waals surface area contributed by atoms with Crippen LogP contribution in [0.3, 0.4) is 0 Å². The quantitative estimate of drug-likeness (QED) is 0.361. The standard InChI is InChI=1S/C24H43N/c1-20(2)12-8-13-21(3)14-9-15-22(4)16-10-17-23(5)18-11-19-24(6,7)25/h12,14,16,18H,8-11,13,15,17,19,25H2,1-7H3/b21-14+,22-16+,23-18+. The van der Waals surface area contributed by atoms with Crippen LogP contribution in [0.5, 0.6) is 0 Å². The molecule has 0 heterocycles. The minimum atomic E-state index is -0.0510. The Bertz CT molecular complexity index is 477. The van der Waals surface area contributed by atoms with Gasteiger partial charge in [-0.15, -0.1) is 0 Å². The van der Waals surface area contributed by atoms with E-state index in [-0.39, 0.29) is 5.54 Å². The minimum Gasteiger partial charge on any atom is -0.326 e. The van der Waals surface area contributed by atoms with Crippen molar-refractivity contribution in [3.63, 3.8) is 0 Å². The van der Waals surface area contributed by atoms with Crippen molar-refractivity contribution in [3.05, 3.63) is 46.6 Å². The predicted octanol–water partition coefficient (Wildman–Crippen LogP) is 7.65. The Hall–Kier alpha value is -1.08. The summed E-state index contributed by atoms with van der Waals surface area (Å²) in [6.07, 6.45) is 18.7. The number of hydrogen-bond acceptors (Lipinski definition) is 1. The van der Waals surface area contributed by atoms with E-state index in [1.54, 1.807) is 0 Å². The van der Waals surface area contributed by atoms with Gasteiger partial charge in [0.15, 0.2) is 0 Å². The number of rotatable bonds is 12. The molecule has 1 heteroatoms. The molecule has 0 amide bonds. The van der Waals surface area contributed by atoms with Gasteiger partial charge in [0.25, 0.3) is 0 Å². The molecule has 2 N–H and O–H groups in total. The molecule has 0 saturated heterocycles. The predicted molar refractivity (Wildman–Crippen MR) is 116 cm³/mol. The Morgan fingerprint density at radius 1 is 0.640 bits per heavy atom. The van der Waals surface area contributed by atoms with E-state index in [0.29, 0.717) is 0 Å². The van der Waals surface area contributed by atoms with Crippen LogP contribution in [0.15, 0.2) is 46.6 Å². The first-order chi connectivity index (χ1) is 11.6. The topological polar surface area (TPSA) is 26.0 Å². The van der Waals surface area contributed by atoms with Crippen LogP contribution in [-0.2, 0) is 0 Å². The van der Waals surface area contributed by atoms with Gasteiger partial charge in [0.1, 0.15) is 0 Å². The van der Waals surface area contributed by atoms with Gasteiger partial charge in [0.2, 0.25) is 0 Å². The first-order valence-electron chi connectivity index (χ1n) is 9.99. The average molecular weight is 346 g/mol. The van der Waals surface area contributed by atoms with Crippen LogP contribution < -0.4 is 5.73 Å². The summed E-state index contributed by atoms with van der Waals surface area (Å²) in [4.78, 5) is 0. The summed E-state index contributed by atoms with van der Waals surface area (Å²) in [6, 6.07) is 0. The van der Waals surface area contributed by atoms with E-state index in [1.807, 2.05) is 0 Å². The molecule has 0 bridgehead atoms. The molecule has 0 spiro atoms. The van der Waals surface area contributed by atoms with Crippen LogP contribution in [0, 0.1) is 0 Å². The minimum absolute atomic E-state index is 0.0510. The van der Waals surface area contributed by atoms with Crippen molar-refractivity contribution in [1.82, 2.24) is 0 Å². The maximum absolute atomic E-state index is 6.02. The second-order valence-electron chi connectivity index (χ2n) is 8.58. The van der Waals surface area contributed by atoms with E-state index in [0.717, 1.165) is 19.3 Å². The molecule has 25 heavy (non-hydrogen) atoms. The summed E-state index contributed by atoms with van der Waals surface area (Å²) in [7, 11) is 0. The first-order valence-corrected chi connectivity index (χ1v) is 9.99. The molecular weight excluding hydrogens is 302 g/mol. The molecule has 0 radical (unpaired) electrons. The van der Waals surface area contributed by atoms with Gasteiger partial charge in [-0.25, -0.2) is 0 Å². The Kier molecular flexibility index (Phi) is 12.6. The SMILES string of the molecule is CC(C)=CCC/C(C)=C/CC/C(C)=C/CC/C(C)=C/CCC(C)(C)N. The van der Waals surface area contributed by atoms with Gasteiger partial charge >= 0.3 is 0 Å². The lowest BCUT2D eigenvalue weighted by Gasteiger charge is -2.16. The molecule has 0 aromatic rings. The third kappa shape index (κ3) is 17.5. The Labute approximate surface area is 158 Å². The van der Waals surface area contributed by atoms with Crippen molar-refractivity contribution < 1.29 is 0 Å². The highest BCUT2D eigenvalue weighted by molar-refractivity contribution is 5.07. The maximum atomic E-state index is 6.02.